The van der Waals surface area contributed by atoms with Crippen LogP contribution in [0, 0.1) is 0 Å². The number of carbonyl (C=O) groups excluding carboxylic acids is 1. The van der Waals surface area contributed by atoms with Gasteiger partial charge >= 0.3 is 0 Å². The number of nitrogens with one attached hydrogen (secondary N) is 1. The Morgan fingerprint density at radius 3 is 2.47 bits per heavy atom. The lowest BCUT2D eigenvalue weighted by Gasteiger charge is -2.35. The van der Waals surface area contributed by atoms with E-state index >= 15 is 0 Å². The van der Waals surface area contributed by atoms with Crippen molar-refractivity contribution in [2.75, 3.05) is 55.1 Å². The number of benzene rings is 2. The molecule has 0 saturated carbocycles. The van der Waals surface area contributed by atoms with Gasteiger partial charge in [0.2, 0.25) is 5.95 Å². The van der Waals surface area contributed by atoms with Crippen molar-refractivity contribution in [1.82, 2.24) is 14.9 Å². The SMILES string of the molecule is CN1CN(c2c(Cl)cccc2Cl)C(=O)c2cnc(Nc3ccc(CN4CCOCC4)cc3)nc21. The van der Waals surface area contributed by atoms with Gasteiger partial charge in [-0.05, 0) is 29.8 Å². The van der Waals surface area contributed by atoms with E-state index in [0.29, 0.717) is 33.1 Å². The predicted octanol–water partition coefficient (Wildman–Crippen LogP) is 4.41. The zero-order chi connectivity index (χ0) is 23.7. The maximum atomic E-state index is 13.2. The number of amides is 1. The molecule has 0 spiro atoms. The Morgan fingerprint density at radius 2 is 1.76 bits per heavy atom. The van der Waals surface area contributed by atoms with E-state index in [-0.39, 0.29) is 12.6 Å². The molecule has 8 nitrogen and oxygen atoms in total. The largest absolute Gasteiger partial charge is 0.379 e. The van der Waals surface area contributed by atoms with Gasteiger partial charge in [0.05, 0.1) is 35.6 Å². The van der Waals surface area contributed by atoms with Gasteiger partial charge in [-0.15, -0.1) is 0 Å². The van der Waals surface area contributed by atoms with Crippen LogP contribution >= 0.6 is 23.2 Å². The minimum atomic E-state index is -0.248. The standard InChI is InChI=1S/C24H24Cl2N6O2/c1-30-15-32(21-19(25)3-2-4-20(21)26)23(33)18-13-27-24(29-22(18)30)28-17-7-5-16(6-8-17)14-31-9-11-34-12-10-31/h2-8,13H,9-12,14-15H2,1H3,(H,27,28,29). The molecule has 34 heavy (non-hydrogen) atoms. The van der Waals surface area contributed by atoms with Crippen LogP contribution < -0.4 is 15.1 Å². The van der Waals surface area contributed by atoms with Crippen molar-refractivity contribution in [1.29, 1.82) is 0 Å². The van der Waals surface area contributed by atoms with Crippen LogP contribution in [0.3, 0.4) is 0 Å². The molecule has 2 aromatic carbocycles. The van der Waals surface area contributed by atoms with Gasteiger partial charge in [0.25, 0.3) is 5.91 Å². The molecule has 3 heterocycles. The molecule has 1 aromatic heterocycles. The number of hydrogen-bond acceptors (Lipinski definition) is 7. The van der Waals surface area contributed by atoms with Crippen LogP contribution in [0.1, 0.15) is 15.9 Å². The Bertz CT molecular complexity index is 1180. The van der Waals surface area contributed by atoms with E-state index in [1.807, 2.05) is 24.1 Å². The Balaban J connectivity index is 1.32. The van der Waals surface area contributed by atoms with Crippen molar-refractivity contribution < 1.29 is 9.53 Å². The Kier molecular flexibility index (Phi) is 6.56. The molecule has 2 aliphatic rings. The normalized spacial score (nSPS) is 16.5. The summed E-state index contributed by atoms with van der Waals surface area (Å²) in [6, 6.07) is 13.4. The third-order valence-electron chi connectivity index (χ3n) is 5.89. The van der Waals surface area contributed by atoms with Gasteiger partial charge in [-0.1, -0.05) is 41.4 Å². The van der Waals surface area contributed by atoms with Gasteiger partial charge in [0.15, 0.2) is 0 Å². The summed E-state index contributed by atoms with van der Waals surface area (Å²) in [7, 11) is 1.86. The summed E-state index contributed by atoms with van der Waals surface area (Å²) in [6.45, 7) is 4.65. The number of ether oxygens (including phenoxy) is 1. The molecule has 0 radical (unpaired) electrons. The van der Waals surface area contributed by atoms with Gasteiger partial charge in [0.1, 0.15) is 11.4 Å². The fraction of sp³-hybridized carbons (Fsp3) is 0.292. The molecule has 1 amide bonds. The smallest absolute Gasteiger partial charge is 0.265 e. The second-order valence-corrected chi connectivity index (χ2v) is 9.10. The maximum absolute atomic E-state index is 13.2. The number of rotatable bonds is 5. The number of para-hydroxylation sites is 1. The first-order valence-electron chi connectivity index (χ1n) is 11.0. The summed E-state index contributed by atoms with van der Waals surface area (Å²) in [6.07, 6.45) is 1.53. The first kappa shape index (κ1) is 22.9. The van der Waals surface area contributed by atoms with Gasteiger partial charge in [-0.2, -0.15) is 4.98 Å². The summed E-state index contributed by atoms with van der Waals surface area (Å²) in [5, 5.41) is 4.05. The number of morpholine rings is 1. The fourth-order valence-corrected chi connectivity index (χ4v) is 4.72. The second kappa shape index (κ2) is 9.76. The molecule has 0 aliphatic carbocycles. The van der Waals surface area contributed by atoms with Crippen molar-refractivity contribution in [3.63, 3.8) is 0 Å². The highest BCUT2D eigenvalue weighted by molar-refractivity contribution is 6.40. The van der Waals surface area contributed by atoms with Crippen LogP contribution in [0.15, 0.2) is 48.7 Å². The maximum Gasteiger partial charge on any atom is 0.265 e. The number of anilines is 4. The van der Waals surface area contributed by atoms with Crippen molar-refractivity contribution in [3.8, 4) is 0 Å². The second-order valence-electron chi connectivity index (χ2n) is 8.28. The first-order chi connectivity index (χ1) is 16.5. The molecule has 1 fully saturated rings. The van der Waals surface area contributed by atoms with Gasteiger partial charge in [-0.3, -0.25) is 14.6 Å². The molecular weight excluding hydrogens is 475 g/mol. The van der Waals surface area contributed by atoms with Crippen LogP contribution in [0.25, 0.3) is 0 Å². The molecule has 10 heteroatoms. The fourth-order valence-electron chi connectivity index (χ4n) is 4.12. The molecule has 1 N–H and O–H groups in total. The Labute approximate surface area is 208 Å². The summed E-state index contributed by atoms with van der Waals surface area (Å²) in [4.78, 5) is 28.0. The number of aromatic nitrogens is 2. The molecule has 176 valence electrons. The number of carbonyl (C=O) groups is 1. The summed E-state index contributed by atoms with van der Waals surface area (Å²) < 4.78 is 5.41. The van der Waals surface area contributed by atoms with E-state index in [0.717, 1.165) is 38.5 Å². The van der Waals surface area contributed by atoms with Crippen LogP contribution in [0.2, 0.25) is 10.0 Å². The third-order valence-corrected chi connectivity index (χ3v) is 6.50. The monoisotopic (exact) mass is 498 g/mol. The summed E-state index contributed by atoms with van der Waals surface area (Å²) in [5.74, 6) is 0.719. The molecule has 1 saturated heterocycles. The molecule has 0 unspecified atom stereocenters. The van der Waals surface area contributed by atoms with Crippen molar-refractivity contribution in [3.05, 3.63) is 69.8 Å². The van der Waals surface area contributed by atoms with E-state index in [2.05, 4.69) is 32.3 Å². The van der Waals surface area contributed by atoms with Crippen LogP contribution in [-0.4, -0.2) is 60.8 Å². The zero-order valence-electron chi connectivity index (χ0n) is 18.7. The lowest BCUT2D eigenvalue weighted by Crippen LogP contribution is -2.46. The van der Waals surface area contributed by atoms with Gasteiger partial charge in [0, 0.05) is 38.6 Å². The first-order valence-corrected chi connectivity index (χ1v) is 11.8. The third kappa shape index (κ3) is 4.67. The molecular formula is C24H24Cl2N6O2. The molecule has 5 rings (SSSR count). The topological polar surface area (TPSA) is 73.8 Å². The molecule has 0 bridgehead atoms. The summed E-state index contributed by atoms with van der Waals surface area (Å²) >= 11 is 12.7. The van der Waals surface area contributed by atoms with Crippen LogP contribution in [0.4, 0.5) is 23.1 Å². The lowest BCUT2D eigenvalue weighted by atomic mass is 10.2. The Morgan fingerprint density at radius 1 is 1.06 bits per heavy atom. The van der Waals surface area contributed by atoms with Gasteiger partial charge in [-0.25, -0.2) is 4.98 Å². The number of hydrogen-bond donors (Lipinski definition) is 1. The van der Waals surface area contributed by atoms with Crippen LogP contribution in [-0.2, 0) is 11.3 Å². The molecule has 2 aliphatic heterocycles. The van der Waals surface area contributed by atoms with Crippen molar-refractivity contribution >= 4 is 52.3 Å². The minimum Gasteiger partial charge on any atom is -0.379 e. The molecule has 0 atom stereocenters. The highest BCUT2D eigenvalue weighted by Gasteiger charge is 2.32. The average molecular weight is 499 g/mol. The number of nitrogens with zero attached hydrogens (tertiary/aromatic N) is 5. The van der Waals surface area contributed by atoms with E-state index in [1.165, 1.54) is 16.7 Å². The predicted molar refractivity (Wildman–Crippen MR) is 134 cm³/mol. The lowest BCUT2D eigenvalue weighted by molar-refractivity contribution is 0.0342. The minimum absolute atomic E-state index is 0.248. The van der Waals surface area contributed by atoms with E-state index in [1.54, 1.807) is 18.2 Å². The van der Waals surface area contributed by atoms with Crippen molar-refractivity contribution in [2.24, 2.45) is 0 Å². The average Bonchev–Trinajstić information content (AvgIpc) is 2.84. The molecule has 3 aromatic rings. The quantitative estimate of drug-likeness (QED) is 0.558. The Hall–Kier alpha value is -2.91. The van der Waals surface area contributed by atoms with E-state index < -0.39 is 0 Å². The van der Waals surface area contributed by atoms with E-state index in [4.69, 9.17) is 27.9 Å². The summed E-state index contributed by atoms with van der Waals surface area (Å²) in [5.41, 5.74) is 2.98. The van der Waals surface area contributed by atoms with Gasteiger partial charge < -0.3 is 15.0 Å². The highest BCUT2D eigenvalue weighted by Crippen LogP contribution is 2.37. The van der Waals surface area contributed by atoms with Crippen LogP contribution in [0.5, 0.6) is 0 Å². The van der Waals surface area contributed by atoms with E-state index in [9.17, 15) is 4.79 Å². The zero-order valence-corrected chi connectivity index (χ0v) is 20.2. The van der Waals surface area contributed by atoms with Crippen molar-refractivity contribution in [2.45, 2.75) is 6.54 Å². The number of halogens is 2. The number of fused-ring (bicyclic) bond motifs is 1. The highest BCUT2D eigenvalue weighted by atomic mass is 35.5.